The summed E-state index contributed by atoms with van der Waals surface area (Å²) in [5.41, 5.74) is 13.0. The van der Waals surface area contributed by atoms with Gasteiger partial charge in [0.05, 0.1) is 17.8 Å². The maximum absolute atomic E-state index is 12.1. The zero-order valence-electron chi connectivity index (χ0n) is 12.3. The normalized spacial score (nSPS) is 14.9. The Labute approximate surface area is 124 Å². The minimum Gasteiger partial charge on any atom is -0.399 e. The lowest BCUT2D eigenvalue weighted by atomic mass is 10.1. The maximum atomic E-state index is 12.1. The number of amides is 2. The second-order valence-electron chi connectivity index (χ2n) is 5.39. The van der Waals surface area contributed by atoms with Crippen molar-refractivity contribution in [2.45, 2.75) is 31.7 Å². The molecule has 0 spiro atoms. The Kier molecular flexibility index (Phi) is 4.67. The van der Waals surface area contributed by atoms with E-state index in [4.69, 9.17) is 11.5 Å². The number of carbonyl (C=O) groups is 2. The van der Waals surface area contributed by atoms with E-state index in [1.54, 1.807) is 25.2 Å². The minimum absolute atomic E-state index is 0.0954. The molecule has 0 bridgehead atoms. The highest BCUT2D eigenvalue weighted by molar-refractivity contribution is 6.01. The van der Waals surface area contributed by atoms with Crippen molar-refractivity contribution in [2.24, 2.45) is 5.73 Å². The Balaban J connectivity index is 2.44. The van der Waals surface area contributed by atoms with Gasteiger partial charge in [0.2, 0.25) is 5.91 Å². The summed E-state index contributed by atoms with van der Waals surface area (Å²) in [7, 11) is 1.58. The molecule has 0 heterocycles. The third kappa shape index (κ3) is 3.45. The first-order chi connectivity index (χ1) is 10.0. The number of nitrogens with two attached hydrogens (primary N) is 2. The molecule has 1 aliphatic carbocycles. The molecule has 0 atom stereocenters. The van der Waals surface area contributed by atoms with Gasteiger partial charge in [-0.2, -0.15) is 0 Å². The molecule has 21 heavy (non-hydrogen) atoms. The van der Waals surface area contributed by atoms with Crippen LogP contribution in [0.4, 0.5) is 11.4 Å². The van der Waals surface area contributed by atoms with Gasteiger partial charge in [0.15, 0.2) is 0 Å². The molecule has 0 aromatic heterocycles. The predicted octanol–water partition coefficient (Wildman–Crippen LogP) is 0.863. The molecule has 1 aromatic carbocycles. The van der Waals surface area contributed by atoms with Crippen LogP contribution in [0.1, 0.15) is 36.0 Å². The van der Waals surface area contributed by atoms with E-state index in [0.717, 1.165) is 25.7 Å². The van der Waals surface area contributed by atoms with Gasteiger partial charge in [-0.3, -0.25) is 9.59 Å². The largest absolute Gasteiger partial charge is 0.399 e. The van der Waals surface area contributed by atoms with E-state index in [-0.39, 0.29) is 18.5 Å². The van der Waals surface area contributed by atoms with Crippen molar-refractivity contribution in [3.63, 3.8) is 0 Å². The monoisotopic (exact) mass is 290 g/mol. The fourth-order valence-corrected chi connectivity index (χ4v) is 2.91. The predicted molar refractivity (Wildman–Crippen MR) is 83.0 cm³/mol. The first-order valence-corrected chi connectivity index (χ1v) is 7.19. The second kappa shape index (κ2) is 6.47. The van der Waals surface area contributed by atoms with Gasteiger partial charge in [0.25, 0.3) is 5.91 Å². The van der Waals surface area contributed by atoms with E-state index in [1.807, 2.05) is 4.90 Å². The summed E-state index contributed by atoms with van der Waals surface area (Å²) in [4.78, 5) is 25.4. The Bertz CT molecular complexity index is 538. The SMILES string of the molecule is CNC(=O)c1ccc(N)cc1N(CC(N)=O)C1CCCC1. The molecule has 1 aromatic rings. The van der Waals surface area contributed by atoms with Crippen LogP contribution in [0.5, 0.6) is 0 Å². The van der Waals surface area contributed by atoms with E-state index < -0.39 is 5.91 Å². The highest BCUT2D eigenvalue weighted by atomic mass is 16.2. The summed E-state index contributed by atoms with van der Waals surface area (Å²) in [5, 5.41) is 2.62. The van der Waals surface area contributed by atoms with Crippen LogP contribution in [-0.2, 0) is 4.79 Å². The Morgan fingerprint density at radius 2 is 2.00 bits per heavy atom. The topological polar surface area (TPSA) is 101 Å². The number of carbonyl (C=O) groups excluding carboxylic acids is 2. The summed E-state index contributed by atoms with van der Waals surface area (Å²) in [5.74, 6) is -0.607. The summed E-state index contributed by atoms with van der Waals surface area (Å²) >= 11 is 0. The molecule has 6 nitrogen and oxygen atoms in total. The third-order valence-corrected chi connectivity index (χ3v) is 3.89. The smallest absolute Gasteiger partial charge is 0.253 e. The number of anilines is 2. The average molecular weight is 290 g/mol. The summed E-state index contributed by atoms with van der Waals surface area (Å²) in [6.07, 6.45) is 4.24. The third-order valence-electron chi connectivity index (χ3n) is 3.89. The van der Waals surface area contributed by atoms with E-state index in [2.05, 4.69) is 5.32 Å². The van der Waals surface area contributed by atoms with E-state index >= 15 is 0 Å². The molecular weight excluding hydrogens is 268 g/mol. The van der Waals surface area contributed by atoms with Crippen LogP contribution < -0.4 is 21.7 Å². The second-order valence-corrected chi connectivity index (χ2v) is 5.39. The molecule has 1 fully saturated rings. The molecule has 0 aliphatic heterocycles. The number of nitrogens with zero attached hydrogens (tertiary/aromatic N) is 1. The lowest BCUT2D eigenvalue weighted by Gasteiger charge is -2.31. The van der Waals surface area contributed by atoms with Crippen molar-refractivity contribution in [1.82, 2.24) is 5.32 Å². The van der Waals surface area contributed by atoms with Crippen molar-refractivity contribution in [2.75, 3.05) is 24.2 Å². The van der Waals surface area contributed by atoms with Gasteiger partial charge in [0.1, 0.15) is 0 Å². The Morgan fingerprint density at radius 3 is 2.57 bits per heavy atom. The van der Waals surface area contributed by atoms with Crippen molar-refractivity contribution >= 4 is 23.2 Å². The van der Waals surface area contributed by atoms with Gasteiger partial charge in [-0.1, -0.05) is 12.8 Å². The lowest BCUT2D eigenvalue weighted by Crippen LogP contribution is -2.41. The van der Waals surface area contributed by atoms with Crippen LogP contribution in [-0.4, -0.2) is 31.4 Å². The molecule has 0 unspecified atom stereocenters. The van der Waals surface area contributed by atoms with E-state index in [0.29, 0.717) is 16.9 Å². The van der Waals surface area contributed by atoms with Gasteiger partial charge in [0, 0.05) is 18.8 Å². The Morgan fingerprint density at radius 1 is 1.33 bits per heavy atom. The quantitative estimate of drug-likeness (QED) is 0.700. The summed E-state index contributed by atoms with van der Waals surface area (Å²) < 4.78 is 0. The molecule has 5 N–H and O–H groups in total. The number of hydrogen-bond donors (Lipinski definition) is 3. The molecule has 0 radical (unpaired) electrons. The summed E-state index contributed by atoms with van der Waals surface area (Å²) in [6, 6.07) is 5.34. The number of hydrogen-bond acceptors (Lipinski definition) is 4. The maximum Gasteiger partial charge on any atom is 0.253 e. The molecule has 2 rings (SSSR count). The van der Waals surface area contributed by atoms with Crippen LogP contribution in [0, 0.1) is 0 Å². The number of nitrogens with one attached hydrogen (secondary N) is 1. The number of benzene rings is 1. The van der Waals surface area contributed by atoms with E-state index in [9.17, 15) is 9.59 Å². The highest BCUT2D eigenvalue weighted by Crippen LogP contribution is 2.31. The Hall–Kier alpha value is -2.24. The van der Waals surface area contributed by atoms with Gasteiger partial charge in [-0.25, -0.2) is 0 Å². The number of primary amides is 1. The van der Waals surface area contributed by atoms with Gasteiger partial charge in [-0.05, 0) is 31.0 Å². The molecular formula is C15H22N4O2. The number of nitrogen functional groups attached to an aromatic ring is 1. The van der Waals surface area contributed by atoms with Crippen molar-refractivity contribution < 1.29 is 9.59 Å². The molecule has 114 valence electrons. The van der Waals surface area contributed by atoms with Crippen molar-refractivity contribution in [3.05, 3.63) is 23.8 Å². The standard InChI is InChI=1S/C15H22N4O2/c1-18-15(21)12-7-6-10(16)8-13(12)19(9-14(17)20)11-4-2-3-5-11/h6-8,11H,2-5,9,16H2,1H3,(H2,17,20)(H,18,21). The van der Waals surface area contributed by atoms with Gasteiger partial charge < -0.3 is 21.7 Å². The van der Waals surface area contributed by atoms with Crippen molar-refractivity contribution in [3.8, 4) is 0 Å². The fourth-order valence-electron chi connectivity index (χ4n) is 2.91. The van der Waals surface area contributed by atoms with E-state index in [1.165, 1.54) is 0 Å². The highest BCUT2D eigenvalue weighted by Gasteiger charge is 2.27. The lowest BCUT2D eigenvalue weighted by molar-refractivity contribution is -0.116. The number of rotatable bonds is 5. The van der Waals surface area contributed by atoms with Crippen LogP contribution in [0.25, 0.3) is 0 Å². The summed E-state index contributed by atoms with van der Waals surface area (Å²) in [6.45, 7) is 0.0954. The molecule has 1 saturated carbocycles. The zero-order chi connectivity index (χ0) is 15.4. The first kappa shape index (κ1) is 15.2. The van der Waals surface area contributed by atoms with Crippen molar-refractivity contribution in [1.29, 1.82) is 0 Å². The zero-order valence-corrected chi connectivity index (χ0v) is 12.3. The molecule has 6 heteroatoms. The van der Waals surface area contributed by atoms with Crippen LogP contribution in [0.3, 0.4) is 0 Å². The minimum atomic E-state index is -0.410. The van der Waals surface area contributed by atoms with Crippen LogP contribution in [0.15, 0.2) is 18.2 Å². The van der Waals surface area contributed by atoms with Gasteiger partial charge in [-0.15, -0.1) is 0 Å². The molecule has 2 amide bonds. The first-order valence-electron chi connectivity index (χ1n) is 7.19. The van der Waals surface area contributed by atoms with Gasteiger partial charge >= 0.3 is 0 Å². The molecule has 1 aliphatic rings. The average Bonchev–Trinajstić information content (AvgIpc) is 2.97. The molecule has 0 saturated heterocycles. The van der Waals surface area contributed by atoms with Crippen LogP contribution in [0.2, 0.25) is 0 Å². The van der Waals surface area contributed by atoms with Crippen LogP contribution >= 0.6 is 0 Å². The fraction of sp³-hybridized carbons (Fsp3) is 0.467.